The molecule has 3 aromatic heterocycles. The van der Waals surface area contributed by atoms with Crippen LogP contribution >= 0.6 is 11.6 Å². The van der Waals surface area contributed by atoms with Crippen molar-refractivity contribution in [2.24, 2.45) is 0 Å². The number of aromatic nitrogens is 3. The normalized spacial score (nSPS) is 25.3. The fourth-order valence-corrected chi connectivity index (χ4v) is 4.97. The number of piperazine rings is 1. The molecule has 0 saturated carbocycles. The van der Waals surface area contributed by atoms with Crippen molar-refractivity contribution in [1.29, 1.82) is 0 Å². The zero-order chi connectivity index (χ0) is 21.4. The van der Waals surface area contributed by atoms with E-state index in [0.717, 1.165) is 56.1 Å². The predicted molar refractivity (Wildman–Crippen MR) is 123 cm³/mol. The number of likely N-dealkylation sites (N-methyl/N-ethyl adjacent to an activating group) is 1. The summed E-state index contributed by atoms with van der Waals surface area (Å²) in [6.45, 7) is 4.20. The summed E-state index contributed by atoms with van der Waals surface area (Å²) in [4.78, 5) is 14.3. The molecule has 2 aliphatic rings. The lowest BCUT2D eigenvalue weighted by molar-refractivity contribution is 0.0441. The molecule has 2 saturated heterocycles. The van der Waals surface area contributed by atoms with Crippen LogP contribution in [0.4, 0.5) is 5.82 Å². The molecule has 5 heterocycles. The highest BCUT2D eigenvalue weighted by atomic mass is 35.5. The number of anilines is 1. The van der Waals surface area contributed by atoms with Crippen molar-refractivity contribution in [3.8, 4) is 0 Å². The van der Waals surface area contributed by atoms with Crippen molar-refractivity contribution in [3.05, 3.63) is 59.1 Å². The van der Waals surface area contributed by atoms with Crippen LogP contribution in [0.5, 0.6) is 0 Å². The molecule has 5 rings (SSSR count). The van der Waals surface area contributed by atoms with Gasteiger partial charge in [-0.1, -0.05) is 17.7 Å². The molecular formula is C23H29ClN6O. The van der Waals surface area contributed by atoms with Gasteiger partial charge in [0.2, 0.25) is 0 Å². The van der Waals surface area contributed by atoms with Crippen LogP contribution in [0.15, 0.2) is 42.7 Å². The molecule has 8 heteroatoms. The van der Waals surface area contributed by atoms with E-state index in [1.807, 2.05) is 12.1 Å². The summed E-state index contributed by atoms with van der Waals surface area (Å²) in [5, 5.41) is 4.42. The van der Waals surface area contributed by atoms with Gasteiger partial charge in [-0.15, -0.1) is 0 Å². The second-order valence-electron chi connectivity index (χ2n) is 8.54. The molecule has 0 bridgehead atoms. The fourth-order valence-electron chi connectivity index (χ4n) is 4.72. The van der Waals surface area contributed by atoms with Gasteiger partial charge in [-0.25, -0.2) is 4.98 Å². The highest BCUT2D eigenvalue weighted by Crippen LogP contribution is 2.35. The number of hydrogen-bond acceptors (Lipinski definition) is 6. The fraction of sp³-hybridized carbons (Fsp3) is 0.478. The van der Waals surface area contributed by atoms with Crippen LogP contribution in [0, 0.1) is 0 Å². The summed E-state index contributed by atoms with van der Waals surface area (Å²) in [6.07, 6.45) is 5.79. The quantitative estimate of drug-likeness (QED) is 0.671. The van der Waals surface area contributed by atoms with Gasteiger partial charge in [0.05, 0.1) is 34.6 Å². The molecule has 2 aliphatic heterocycles. The molecular weight excluding hydrogens is 412 g/mol. The SMILES string of the molecule is CO[C@@H]1C[C@@H](c2ncccc2Cl)N[C@@H](c2cn3c(N4CCN(C)CC4)cccc3n2)C1. The number of halogens is 1. The minimum absolute atomic E-state index is 0.0271. The van der Waals surface area contributed by atoms with E-state index in [0.29, 0.717) is 5.02 Å². The van der Waals surface area contributed by atoms with E-state index in [4.69, 9.17) is 21.3 Å². The van der Waals surface area contributed by atoms with Gasteiger partial charge in [0.1, 0.15) is 11.5 Å². The number of ether oxygens (including phenoxy) is 1. The summed E-state index contributed by atoms with van der Waals surface area (Å²) in [5.41, 5.74) is 2.87. The number of fused-ring (bicyclic) bond motifs is 1. The summed E-state index contributed by atoms with van der Waals surface area (Å²) < 4.78 is 8.00. The number of hydrogen-bond donors (Lipinski definition) is 1. The Morgan fingerprint density at radius 3 is 2.65 bits per heavy atom. The Balaban J connectivity index is 1.45. The lowest BCUT2D eigenvalue weighted by Gasteiger charge is -2.35. The first kappa shape index (κ1) is 20.7. The average molecular weight is 441 g/mol. The second-order valence-corrected chi connectivity index (χ2v) is 8.95. The lowest BCUT2D eigenvalue weighted by Crippen LogP contribution is -2.45. The van der Waals surface area contributed by atoms with Gasteiger partial charge < -0.3 is 19.9 Å². The third-order valence-corrected chi connectivity index (χ3v) is 6.84. The van der Waals surface area contributed by atoms with E-state index >= 15 is 0 Å². The van der Waals surface area contributed by atoms with Gasteiger partial charge >= 0.3 is 0 Å². The van der Waals surface area contributed by atoms with Crippen molar-refractivity contribution in [2.45, 2.75) is 31.0 Å². The first-order valence-electron chi connectivity index (χ1n) is 10.9. The molecule has 2 fully saturated rings. The second kappa shape index (κ2) is 8.74. The standard InChI is InChI=1S/C23H29ClN6O/c1-28-9-11-29(12-10-28)22-7-3-6-21-27-20(15-30(21)22)18-13-16(31-2)14-19(26-18)23-17(24)5-4-8-25-23/h3-8,15-16,18-19,26H,9-14H2,1-2H3/t16-,18+,19-/m0/s1. The van der Waals surface area contributed by atoms with E-state index in [2.05, 4.69) is 55.9 Å². The van der Waals surface area contributed by atoms with Crippen LogP contribution in [0.1, 0.15) is 36.3 Å². The Morgan fingerprint density at radius 2 is 1.87 bits per heavy atom. The zero-order valence-corrected chi connectivity index (χ0v) is 18.8. The molecule has 0 spiro atoms. The molecule has 3 aromatic rings. The van der Waals surface area contributed by atoms with Crippen molar-refractivity contribution < 1.29 is 4.74 Å². The molecule has 0 aliphatic carbocycles. The van der Waals surface area contributed by atoms with Crippen LogP contribution in [-0.4, -0.2) is 65.7 Å². The molecule has 0 amide bonds. The zero-order valence-electron chi connectivity index (χ0n) is 18.0. The van der Waals surface area contributed by atoms with Crippen LogP contribution in [0.3, 0.4) is 0 Å². The Labute approximate surface area is 188 Å². The Hall–Kier alpha value is -2.19. The van der Waals surface area contributed by atoms with Crippen LogP contribution in [-0.2, 0) is 4.74 Å². The topological polar surface area (TPSA) is 57.9 Å². The maximum Gasteiger partial charge on any atom is 0.138 e. The Kier molecular flexibility index (Phi) is 5.84. The molecule has 0 aromatic carbocycles. The summed E-state index contributed by atoms with van der Waals surface area (Å²) in [5.74, 6) is 1.20. The van der Waals surface area contributed by atoms with Gasteiger partial charge in [0, 0.05) is 45.7 Å². The minimum Gasteiger partial charge on any atom is -0.381 e. The van der Waals surface area contributed by atoms with Crippen molar-refractivity contribution >= 4 is 23.1 Å². The van der Waals surface area contributed by atoms with E-state index < -0.39 is 0 Å². The van der Waals surface area contributed by atoms with Crippen molar-refractivity contribution in [2.75, 3.05) is 45.2 Å². The summed E-state index contributed by atoms with van der Waals surface area (Å²) >= 11 is 6.45. The van der Waals surface area contributed by atoms with Gasteiger partial charge in [-0.05, 0) is 44.2 Å². The molecule has 3 atom stereocenters. The molecule has 1 N–H and O–H groups in total. The number of methoxy groups -OCH3 is 1. The lowest BCUT2D eigenvalue weighted by atomic mass is 9.92. The van der Waals surface area contributed by atoms with E-state index in [1.54, 1.807) is 13.3 Å². The first-order chi connectivity index (χ1) is 15.1. The maximum atomic E-state index is 6.45. The third-order valence-electron chi connectivity index (χ3n) is 6.52. The first-order valence-corrected chi connectivity index (χ1v) is 11.3. The highest BCUT2D eigenvalue weighted by molar-refractivity contribution is 6.31. The van der Waals surface area contributed by atoms with Gasteiger partial charge in [0.15, 0.2) is 0 Å². The minimum atomic E-state index is 0.0271. The smallest absolute Gasteiger partial charge is 0.138 e. The highest BCUT2D eigenvalue weighted by Gasteiger charge is 2.33. The molecule has 0 radical (unpaired) electrons. The summed E-state index contributed by atoms with van der Waals surface area (Å²) in [6, 6.07) is 10.2. The monoisotopic (exact) mass is 440 g/mol. The number of nitrogens with zero attached hydrogens (tertiary/aromatic N) is 5. The third kappa shape index (κ3) is 4.15. The maximum absolute atomic E-state index is 6.45. The molecule has 164 valence electrons. The number of pyridine rings is 2. The van der Waals surface area contributed by atoms with E-state index in [1.165, 1.54) is 5.82 Å². The Morgan fingerprint density at radius 1 is 1.06 bits per heavy atom. The van der Waals surface area contributed by atoms with Crippen molar-refractivity contribution in [3.63, 3.8) is 0 Å². The number of nitrogens with one attached hydrogen (secondary N) is 1. The number of rotatable bonds is 4. The van der Waals surface area contributed by atoms with Crippen molar-refractivity contribution in [1.82, 2.24) is 24.6 Å². The Bertz CT molecular complexity index is 1050. The average Bonchev–Trinajstić information content (AvgIpc) is 3.24. The molecule has 0 unspecified atom stereocenters. The van der Waals surface area contributed by atoms with E-state index in [9.17, 15) is 0 Å². The summed E-state index contributed by atoms with van der Waals surface area (Å²) in [7, 11) is 3.96. The predicted octanol–water partition coefficient (Wildman–Crippen LogP) is 3.32. The molecule has 7 nitrogen and oxygen atoms in total. The number of piperidine rings is 1. The largest absolute Gasteiger partial charge is 0.381 e. The van der Waals surface area contributed by atoms with Crippen LogP contribution in [0.25, 0.3) is 5.65 Å². The van der Waals surface area contributed by atoms with Gasteiger partial charge in [-0.3, -0.25) is 9.38 Å². The van der Waals surface area contributed by atoms with Gasteiger partial charge in [-0.2, -0.15) is 0 Å². The molecule has 31 heavy (non-hydrogen) atoms. The number of imidazole rings is 1. The van der Waals surface area contributed by atoms with Crippen LogP contribution in [0.2, 0.25) is 5.02 Å². The van der Waals surface area contributed by atoms with E-state index in [-0.39, 0.29) is 18.2 Å². The van der Waals surface area contributed by atoms with Crippen LogP contribution < -0.4 is 10.2 Å². The van der Waals surface area contributed by atoms with Gasteiger partial charge in [0.25, 0.3) is 0 Å².